The minimum Gasteiger partial charge on any atom is -0.490 e. The van der Waals surface area contributed by atoms with Crippen LogP contribution in [0.25, 0.3) is 0 Å². The molecule has 1 aromatic heterocycles. The first-order valence-electron chi connectivity index (χ1n) is 5.81. The van der Waals surface area contributed by atoms with E-state index in [4.69, 9.17) is 15.2 Å². The van der Waals surface area contributed by atoms with Crippen molar-refractivity contribution in [3.8, 4) is 5.75 Å². The van der Waals surface area contributed by atoms with Crippen LogP contribution in [0.3, 0.4) is 0 Å². The Morgan fingerprint density at radius 2 is 2.39 bits per heavy atom. The van der Waals surface area contributed by atoms with Crippen LogP contribution >= 0.6 is 0 Å². The number of aliphatic hydroxyl groups is 1. The molecular formula is C11H18N4O3. The molecule has 1 fully saturated rings. The molecule has 18 heavy (non-hydrogen) atoms. The first kappa shape index (κ1) is 12.8. The summed E-state index contributed by atoms with van der Waals surface area (Å²) in [7, 11) is 1.53. The topological polar surface area (TPSA) is 93.7 Å². The summed E-state index contributed by atoms with van der Waals surface area (Å²) in [4.78, 5) is 10.1. The maximum absolute atomic E-state index is 9.18. The van der Waals surface area contributed by atoms with Crippen molar-refractivity contribution in [3.05, 3.63) is 6.33 Å². The average molecular weight is 254 g/mol. The lowest BCUT2D eigenvalue weighted by Crippen LogP contribution is -2.50. The van der Waals surface area contributed by atoms with Gasteiger partial charge in [0.15, 0.2) is 11.6 Å². The van der Waals surface area contributed by atoms with Gasteiger partial charge < -0.3 is 25.2 Å². The summed E-state index contributed by atoms with van der Waals surface area (Å²) < 4.78 is 10.7. The number of nitrogens with zero attached hydrogens (tertiary/aromatic N) is 3. The summed E-state index contributed by atoms with van der Waals surface area (Å²) in [6, 6.07) is 0.135. The predicted octanol–water partition coefficient (Wildman–Crippen LogP) is -0.347. The van der Waals surface area contributed by atoms with Crippen molar-refractivity contribution in [2.24, 2.45) is 0 Å². The molecule has 1 saturated heterocycles. The molecule has 0 bridgehead atoms. The zero-order valence-corrected chi connectivity index (χ0v) is 10.5. The molecule has 7 nitrogen and oxygen atoms in total. The largest absolute Gasteiger partial charge is 0.490 e. The first-order chi connectivity index (χ1) is 8.67. The van der Waals surface area contributed by atoms with E-state index in [2.05, 4.69) is 9.97 Å². The number of aromatic nitrogens is 2. The van der Waals surface area contributed by atoms with Crippen molar-refractivity contribution < 1.29 is 14.6 Å². The molecule has 3 N–H and O–H groups in total. The van der Waals surface area contributed by atoms with Gasteiger partial charge in [0, 0.05) is 6.54 Å². The van der Waals surface area contributed by atoms with Gasteiger partial charge in [0.1, 0.15) is 6.33 Å². The van der Waals surface area contributed by atoms with E-state index in [9.17, 15) is 5.11 Å². The van der Waals surface area contributed by atoms with Crippen LogP contribution < -0.4 is 15.4 Å². The monoisotopic (exact) mass is 254 g/mol. The molecule has 2 rings (SSSR count). The Hall–Kier alpha value is -1.60. The molecule has 100 valence electrons. The zero-order valence-electron chi connectivity index (χ0n) is 10.5. The van der Waals surface area contributed by atoms with Crippen molar-refractivity contribution in [3.63, 3.8) is 0 Å². The predicted molar refractivity (Wildman–Crippen MR) is 66.6 cm³/mol. The molecule has 0 amide bonds. The third kappa shape index (κ3) is 2.32. The maximum atomic E-state index is 9.18. The highest BCUT2D eigenvalue weighted by molar-refractivity contribution is 5.63. The molecule has 0 aromatic carbocycles. The van der Waals surface area contributed by atoms with Gasteiger partial charge in [0.25, 0.3) is 0 Å². The number of methoxy groups -OCH3 is 1. The van der Waals surface area contributed by atoms with Gasteiger partial charge in [-0.2, -0.15) is 0 Å². The average Bonchev–Trinajstić information content (AvgIpc) is 2.39. The van der Waals surface area contributed by atoms with Crippen molar-refractivity contribution in [2.45, 2.75) is 19.1 Å². The normalized spacial score (nSPS) is 24.1. The second-order valence-corrected chi connectivity index (χ2v) is 4.26. The number of aliphatic hydroxyl groups excluding tert-OH is 1. The highest BCUT2D eigenvalue weighted by Gasteiger charge is 2.29. The van der Waals surface area contributed by atoms with Crippen molar-refractivity contribution in [1.82, 2.24) is 9.97 Å². The lowest BCUT2D eigenvalue weighted by molar-refractivity contribution is -0.0107. The van der Waals surface area contributed by atoms with Crippen LogP contribution in [0, 0.1) is 0 Å². The highest BCUT2D eigenvalue weighted by atomic mass is 16.5. The minimum absolute atomic E-state index is 0.0217. The van der Waals surface area contributed by atoms with Gasteiger partial charge in [-0.15, -0.1) is 0 Å². The van der Waals surface area contributed by atoms with Crippen LogP contribution in [0.1, 0.15) is 6.92 Å². The molecular weight excluding hydrogens is 236 g/mol. The number of nitrogen functional groups attached to an aromatic ring is 1. The summed E-state index contributed by atoms with van der Waals surface area (Å²) in [5.41, 5.74) is 5.77. The Labute approximate surface area is 106 Å². The Morgan fingerprint density at radius 3 is 3.06 bits per heavy atom. The number of rotatable bonds is 3. The second kappa shape index (κ2) is 5.36. The van der Waals surface area contributed by atoms with E-state index in [0.717, 1.165) is 0 Å². The van der Waals surface area contributed by atoms with Gasteiger partial charge in [0.2, 0.25) is 5.75 Å². The molecule has 1 aliphatic rings. The third-order valence-corrected chi connectivity index (χ3v) is 3.00. The Kier molecular flexibility index (Phi) is 3.83. The van der Waals surface area contributed by atoms with E-state index < -0.39 is 0 Å². The van der Waals surface area contributed by atoms with Gasteiger partial charge >= 0.3 is 0 Å². The van der Waals surface area contributed by atoms with E-state index in [1.165, 1.54) is 13.4 Å². The van der Waals surface area contributed by atoms with Crippen molar-refractivity contribution in [1.29, 1.82) is 0 Å². The second-order valence-electron chi connectivity index (χ2n) is 4.26. The Balaban J connectivity index is 2.31. The molecule has 2 unspecified atom stereocenters. The van der Waals surface area contributed by atoms with Crippen LogP contribution in [-0.2, 0) is 4.74 Å². The fraction of sp³-hybridized carbons (Fsp3) is 0.636. The number of nitrogens with two attached hydrogens (primary N) is 1. The highest BCUT2D eigenvalue weighted by Crippen LogP contribution is 2.32. The number of anilines is 2. The van der Waals surface area contributed by atoms with Crippen molar-refractivity contribution >= 4 is 11.6 Å². The first-order valence-corrected chi connectivity index (χ1v) is 5.81. The van der Waals surface area contributed by atoms with Gasteiger partial charge in [-0.05, 0) is 6.92 Å². The minimum atomic E-state index is -0.220. The molecule has 0 radical (unpaired) electrons. The standard InChI is InChI=1S/C11H18N4O3/c1-7-5-18-8(4-16)3-15(7)11-9(17-2)10(12)13-6-14-11/h6-8,16H,3-5H2,1-2H3,(H2,12,13,14). The SMILES string of the molecule is COc1c(N)ncnc1N1CC(CO)OCC1C. The van der Waals surface area contributed by atoms with Crippen LogP contribution in [0.4, 0.5) is 11.6 Å². The molecule has 2 heterocycles. The molecule has 0 saturated carbocycles. The van der Waals surface area contributed by atoms with Crippen molar-refractivity contribution in [2.75, 3.05) is 37.5 Å². The van der Waals surface area contributed by atoms with E-state index in [1.54, 1.807) is 0 Å². The molecule has 0 aliphatic carbocycles. The fourth-order valence-electron chi connectivity index (χ4n) is 2.00. The Morgan fingerprint density at radius 1 is 1.61 bits per heavy atom. The third-order valence-electron chi connectivity index (χ3n) is 3.00. The molecule has 7 heteroatoms. The van der Waals surface area contributed by atoms with Gasteiger partial charge in [-0.1, -0.05) is 0 Å². The molecule has 1 aliphatic heterocycles. The summed E-state index contributed by atoms with van der Waals surface area (Å²) >= 11 is 0. The van der Waals surface area contributed by atoms with Gasteiger partial charge in [0.05, 0.1) is 32.5 Å². The van der Waals surface area contributed by atoms with Crippen LogP contribution in [-0.4, -0.2) is 54.1 Å². The number of hydrogen-bond acceptors (Lipinski definition) is 7. The van der Waals surface area contributed by atoms with Crippen LogP contribution in [0.15, 0.2) is 6.33 Å². The van der Waals surface area contributed by atoms with E-state index >= 15 is 0 Å². The number of ether oxygens (including phenoxy) is 2. The number of morpholine rings is 1. The van der Waals surface area contributed by atoms with E-state index in [-0.39, 0.29) is 18.8 Å². The molecule has 1 aromatic rings. The van der Waals surface area contributed by atoms with Gasteiger partial charge in [-0.3, -0.25) is 0 Å². The number of hydrogen-bond donors (Lipinski definition) is 2. The van der Waals surface area contributed by atoms with E-state index in [1.807, 2.05) is 11.8 Å². The quantitative estimate of drug-likeness (QED) is 0.761. The smallest absolute Gasteiger partial charge is 0.204 e. The Bertz CT molecular complexity index is 415. The maximum Gasteiger partial charge on any atom is 0.204 e. The molecule has 0 spiro atoms. The lowest BCUT2D eigenvalue weighted by Gasteiger charge is -2.38. The van der Waals surface area contributed by atoms with E-state index in [0.29, 0.717) is 30.5 Å². The summed E-state index contributed by atoms with van der Waals surface area (Å²) in [6.45, 7) is 3.07. The summed E-state index contributed by atoms with van der Waals surface area (Å²) in [6.07, 6.45) is 1.19. The molecule has 2 atom stereocenters. The fourth-order valence-corrected chi connectivity index (χ4v) is 2.00. The lowest BCUT2D eigenvalue weighted by atomic mass is 10.2. The summed E-state index contributed by atoms with van der Waals surface area (Å²) in [5, 5.41) is 9.18. The van der Waals surface area contributed by atoms with Gasteiger partial charge in [-0.25, -0.2) is 9.97 Å². The van der Waals surface area contributed by atoms with Crippen LogP contribution in [0.5, 0.6) is 5.75 Å². The van der Waals surface area contributed by atoms with Crippen LogP contribution in [0.2, 0.25) is 0 Å². The zero-order chi connectivity index (χ0) is 13.1. The summed E-state index contributed by atoms with van der Waals surface area (Å²) in [5.74, 6) is 1.41.